The van der Waals surface area contributed by atoms with Crippen LogP contribution in [0, 0.1) is 0 Å². The Labute approximate surface area is 124 Å². The summed E-state index contributed by atoms with van der Waals surface area (Å²) in [6.07, 6.45) is 2.34. The highest BCUT2D eigenvalue weighted by Gasteiger charge is 2.12. The summed E-state index contributed by atoms with van der Waals surface area (Å²) in [6, 6.07) is 8.84. The van der Waals surface area contributed by atoms with E-state index in [9.17, 15) is 0 Å². The van der Waals surface area contributed by atoms with Crippen LogP contribution in [0.5, 0.6) is 0 Å². The molecule has 0 spiro atoms. The van der Waals surface area contributed by atoms with E-state index in [1.54, 1.807) is 0 Å². The van der Waals surface area contributed by atoms with Crippen LogP contribution in [-0.2, 0) is 11.3 Å². The molecule has 1 rings (SSSR count). The fraction of sp³-hybridized carbons (Fsp3) is 0.667. The minimum atomic E-state index is 0.182. The van der Waals surface area contributed by atoms with Gasteiger partial charge in [0, 0.05) is 18.7 Å². The minimum absolute atomic E-state index is 0.182. The van der Waals surface area contributed by atoms with Gasteiger partial charge in [0.15, 0.2) is 0 Å². The van der Waals surface area contributed by atoms with Gasteiger partial charge >= 0.3 is 0 Å². The average Bonchev–Trinajstić information content (AvgIpc) is 2.41. The van der Waals surface area contributed by atoms with E-state index in [0.29, 0.717) is 5.92 Å². The topological polar surface area (TPSA) is 21.3 Å². The number of hydrogen-bond donors (Lipinski definition) is 1. The number of hydrogen-bond acceptors (Lipinski definition) is 2. The van der Waals surface area contributed by atoms with Crippen LogP contribution in [0.25, 0.3) is 0 Å². The smallest absolute Gasteiger partial charge is 0.0716 e. The van der Waals surface area contributed by atoms with E-state index in [0.717, 1.165) is 26.2 Å². The molecule has 1 N–H and O–H groups in total. The predicted octanol–water partition coefficient (Wildman–Crippen LogP) is 4.49. The molecule has 2 nitrogen and oxygen atoms in total. The Hall–Kier alpha value is -0.860. The molecule has 0 heterocycles. The third-order valence-electron chi connectivity index (χ3n) is 3.40. The second-order valence-electron chi connectivity index (χ2n) is 6.68. The zero-order chi connectivity index (χ0) is 15.0. The van der Waals surface area contributed by atoms with Gasteiger partial charge in [0.05, 0.1) is 6.61 Å². The fourth-order valence-electron chi connectivity index (χ4n) is 1.96. The quantitative estimate of drug-likeness (QED) is 0.707. The summed E-state index contributed by atoms with van der Waals surface area (Å²) in [5.74, 6) is 0.532. The molecule has 1 aromatic carbocycles. The molecule has 0 aliphatic heterocycles. The van der Waals surface area contributed by atoms with Crippen molar-refractivity contribution < 1.29 is 4.74 Å². The Morgan fingerprint density at radius 1 is 1.15 bits per heavy atom. The van der Waals surface area contributed by atoms with E-state index < -0.39 is 0 Å². The molecule has 1 aromatic rings. The highest BCUT2D eigenvalue weighted by molar-refractivity contribution is 5.25. The average molecular weight is 277 g/mol. The maximum atomic E-state index is 5.64. The van der Waals surface area contributed by atoms with Crippen LogP contribution < -0.4 is 5.32 Å². The second-order valence-corrected chi connectivity index (χ2v) is 6.68. The molecule has 114 valence electrons. The van der Waals surface area contributed by atoms with Crippen molar-refractivity contribution >= 4 is 0 Å². The van der Waals surface area contributed by atoms with Crippen molar-refractivity contribution in [3.63, 3.8) is 0 Å². The molecule has 0 saturated carbocycles. The van der Waals surface area contributed by atoms with Crippen LogP contribution in [0.2, 0.25) is 0 Å². The molecule has 20 heavy (non-hydrogen) atoms. The largest absolute Gasteiger partial charge is 0.377 e. The van der Waals surface area contributed by atoms with Gasteiger partial charge in [0.1, 0.15) is 0 Å². The van der Waals surface area contributed by atoms with Crippen LogP contribution in [0.1, 0.15) is 64.5 Å². The molecule has 0 aliphatic carbocycles. The van der Waals surface area contributed by atoms with E-state index in [2.05, 4.69) is 64.2 Å². The van der Waals surface area contributed by atoms with Gasteiger partial charge in [-0.1, -0.05) is 44.5 Å². The van der Waals surface area contributed by atoms with Crippen molar-refractivity contribution in [3.8, 4) is 0 Å². The lowest BCUT2D eigenvalue weighted by atomic mass is 9.98. The molecule has 0 aliphatic rings. The Balaban J connectivity index is 2.41. The Morgan fingerprint density at radius 3 is 2.35 bits per heavy atom. The SMILES string of the molecule is CCCCOCc1ccc(C(C)CNC(C)(C)C)cc1. The predicted molar refractivity (Wildman–Crippen MR) is 87.2 cm³/mol. The van der Waals surface area contributed by atoms with Crippen LogP contribution >= 0.6 is 0 Å². The number of ether oxygens (including phenoxy) is 1. The van der Waals surface area contributed by atoms with Gasteiger partial charge in [-0.2, -0.15) is 0 Å². The standard InChI is InChI=1S/C18H31NO/c1-6-7-12-20-14-16-8-10-17(11-9-16)15(2)13-19-18(3,4)5/h8-11,15,19H,6-7,12-14H2,1-5H3. The van der Waals surface area contributed by atoms with Gasteiger partial charge in [-0.3, -0.25) is 0 Å². The van der Waals surface area contributed by atoms with Crippen molar-refractivity contribution in [1.82, 2.24) is 5.32 Å². The fourth-order valence-corrected chi connectivity index (χ4v) is 1.96. The van der Waals surface area contributed by atoms with E-state index in [1.807, 2.05) is 0 Å². The zero-order valence-corrected chi connectivity index (χ0v) is 13.8. The summed E-state index contributed by atoms with van der Waals surface area (Å²) in [5, 5.41) is 3.56. The van der Waals surface area contributed by atoms with Crippen molar-refractivity contribution in [2.75, 3.05) is 13.2 Å². The Bertz CT molecular complexity index is 364. The third-order valence-corrected chi connectivity index (χ3v) is 3.40. The van der Waals surface area contributed by atoms with Crippen molar-refractivity contribution in [3.05, 3.63) is 35.4 Å². The highest BCUT2D eigenvalue weighted by atomic mass is 16.5. The first-order valence-corrected chi connectivity index (χ1v) is 7.84. The van der Waals surface area contributed by atoms with Gasteiger partial charge < -0.3 is 10.1 Å². The molecule has 2 heteroatoms. The first-order chi connectivity index (χ1) is 9.42. The monoisotopic (exact) mass is 277 g/mol. The van der Waals surface area contributed by atoms with Crippen LogP contribution in [0.15, 0.2) is 24.3 Å². The molecular formula is C18H31NO. The maximum absolute atomic E-state index is 5.64. The minimum Gasteiger partial charge on any atom is -0.377 e. The third kappa shape index (κ3) is 7.06. The summed E-state index contributed by atoms with van der Waals surface area (Å²) in [5.41, 5.74) is 2.83. The molecule has 0 saturated heterocycles. The van der Waals surface area contributed by atoms with Gasteiger partial charge in [-0.05, 0) is 44.2 Å². The van der Waals surface area contributed by atoms with Crippen molar-refractivity contribution in [2.45, 2.75) is 65.5 Å². The number of nitrogens with one attached hydrogen (secondary N) is 1. The molecule has 1 unspecified atom stereocenters. The van der Waals surface area contributed by atoms with Gasteiger partial charge in [-0.15, -0.1) is 0 Å². The molecule has 0 bridgehead atoms. The van der Waals surface area contributed by atoms with Crippen LogP contribution in [0.4, 0.5) is 0 Å². The van der Waals surface area contributed by atoms with E-state index >= 15 is 0 Å². The Morgan fingerprint density at radius 2 is 1.80 bits per heavy atom. The maximum Gasteiger partial charge on any atom is 0.0716 e. The van der Waals surface area contributed by atoms with Crippen LogP contribution in [0.3, 0.4) is 0 Å². The van der Waals surface area contributed by atoms with Gasteiger partial charge in [-0.25, -0.2) is 0 Å². The number of benzene rings is 1. The van der Waals surface area contributed by atoms with E-state index in [1.165, 1.54) is 17.5 Å². The van der Waals surface area contributed by atoms with Crippen LogP contribution in [-0.4, -0.2) is 18.7 Å². The van der Waals surface area contributed by atoms with E-state index in [4.69, 9.17) is 4.74 Å². The lowest BCUT2D eigenvalue weighted by molar-refractivity contribution is 0.118. The molecule has 1 atom stereocenters. The second kappa shape index (κ2) is 8.43. The van der Waals surface area contributed by atoms with Gasteiger partial charge in [0.2, 0.25) is 0 Å². The lowest BCUT2D eigenvalue weighted by Crippen LogP contribution is -2.38. The first kappa shape index (κ1) is 17.2. The molecule has 0 aromatic heterocycles. The molecule has 0 amide bonds. The highest BCUT2D eigenvalue weighted by Crippen LogP contribution is 2.16. The lowest BCUT2D eigenvalue weighted by Gasteiger charge is -2.23. The first-order valence-electron chi connectivity index (χ1n) is 7.84. The Kier molecular flexibility index (Phi) is 7.25. The summed E-state index contributed by atoms with van der Waals surface area (Å²) >= 11 is 0. The number of rotatable bonds is 8. The molecule has 0 radical (unpaired) electrons. The zero-order valence-electron chi connectivity index (χ0n) is 13.8. The summed E-state index contributed by atoms with van der Waals surface area (Å²) in [4.78, 5) is 0. The summed E-state index contributed by atoms with van der Waals surface area (Å²) < 4.78 is 5.64. The summed E-state index contributed by atoms with van der Waals surface area (Å²) in [6.45, 7) is 13.7. The van der Waals surface area contributed by atoms with Crippen molar-refractivity contribution in [1.29, 1.82) is 0 Å². The van der Waals surface area contributed by atoms with E-state index in [-0.39, 0.29) is 5.54 Å². The molecular weight excluding hydrogens is 246 g/mol. The number of unbranched alkanes of at least 4 members (excludes halogenated alkanes) is 1. The normalized spacial score (nSPS) is 13.4. The molecule has 0 fully saturated rings. The summed E-state index contributed by atoms with van der Waals surface area (Å²) in [7, 11) is 0. The van der Waals surface area contributed by atoms with Gasteiger partial charge in [0.25, 0.3) is 0 Å². The van der Waals surface area contributed by atoms with Crippen molar-refractivity contribution in [2.24, 2.45) is 0 Å².